The highest BCUT2D eigenvalue weighted by Gasteiger charge is 2.17. The molecule has 0 unspecified atom stereocenters. The van der Waals surface area contributed by atoms with E-state index < -0.39 is 10.1 Å². The number of aromatic hydroxyl groups is 1. The van der Waals surface area contributed by atoms with Crippen molar-refractivity contribution in [1.29, 1.82) is 0 Å². The molecule has 0 saturated heterocycles. The highest BCUT2D eigenvalue weighted by Crippen LogP contribution is 2.33. The summed E-state index contributed by atoms with van der Waals surface area (Å²) in [4.78, 5) is -0.296. The average Bonchev–Trinajstić information content (AvgIpc) is 2.62. The van der Waals surface area contributed by atoms with Gasteiger partial charge < -0.3 is 9.84 Å². The van der Waals surface area contributed by atoms with Crippen LogP contribution in [0, 0.1) is 0 Å². The molecule has 148 valence electrons. The second-order valence-electron chi connectivity index (χ2n) is 6.69. The topological polar surface area (TPSA) is 83.8 Å². The summed E-state index contributed by atoms with van der Waals surface area (Å²) >= 11 is 0. The van der Waals surface area contributed by atoms with E-state index in [0.717, 1.165) is 24.8 Å². The quantitative estimate of drug-likeness (QED) is 0.377. The van der Waals surface area contributed by atoms with Gasteiger partial charge in [-0.3, -0.25) is 4.55 Å². The van der Waals surface area contributed by atoms with Crippen molar-refractivity contribution < 1.29 is 22.8 Å². The van der Waals surface area contributed by atoms with E-state index in [1.807, 2.05) is 0 Å². The van der Waals surface area contributed by atoms with Crippen molar-refractivity contribution in [3.05, 3.63) is 48.0 Å². The van der Waals surface area contributed by atoms with Crippen LogP contribution in [0.2, 0.25) is 0 Å². The Labute approximate surface area is 161 Å². The van der Waals surface area contributed by atoms with E-state index in [9.17, 15) is 18.1 Å². The van der Waals surface area contributed by atoms with E-state index in [1.54, 1.807) is 18.2 Å². The number of ether oxygens (including phenoxy) is 1. The maximum atomic E-state index is 11.5. The predicted molar refractivity (Wildman–Crippen MR) is 106 cm³/mol. The Balaban J connectivity index is 2.06. The molecule has 5 nitrogen and oxygen atoms in total. The van der Waals surface area contributed by atoms with E-state index in [2.05, 4.69) is 6.92 Å². The average molecular weight is 393 g/mol. The molecule has 2 aromatic carbocycles. The molecule has 0 atom stereocenters. The molecule has 0 bridgehead atoms. The Kier molecular flexibility index (Phi) is 8.13. The molecule has 2 rings (SSSR count). The van der Waals surface area contributed by atoms with E-state index in [1.165, 1.54) is 56.4 Å². The molecule has 2 N–H and O–H groups in total. The molecule has 0 spiro atoms. The predicted octanol–water partition coefficient (Wildman–Crippen LogP) is 5.72. The zero-order valence-electron chi connectivity index (χ0n) is 15.7. The van der Waals surface area contributed by atoms with Crippen LogP contribution in [0.5, 0.6) is 17.2 Å². The van der Waals surface area contributed by atoms with Crippen molar-refractivity contribution in [3.63, 3.8) is 0 Å². The van der Waals surface area contributed by atoms with Crippen LogP contribution < -0.4 is 4.74 Å². The summed E-state index contributed by atoms with van der Waals surface area (Å²) in [5, 5.41) is 9.79. The number of unbranched alkanes of at least 4 members (excludes halogenated alkanes) is 6. The molecular formula is C21H28O5S. The number of phenols is 1. The standard InChI is InChI=1S/C21H28O5S/c1-2-3-4-5-6-7-8-11-17-14-15-18(22)16-20(17)26-19-12-9-10-13-21(19)27(23,24)25/h9-10,12-16,22H,2-8,11H2,1H3,(H,23,24,25). The van der Waals surface area contributed by atoms with Crippen LogP contribution in [0.25, 0.3) is 0 Å². The normalized spacial score (nSPS) is 11.5. The molecule has 27 heavy (non-hydrogen) atoms. The number of benzene rings is 2. The van der Waals surface area contributed by atoms with Crippen molar-refractivity contribution in [2.75, 3.05) is 0 Å². The van der Waals surface area contributed by atoms with Crippen LogP contribution in [0.1, 0.15) is 57.4 Å². The van der Waals surface area contributed by atoms with Gasteiger partial charge in [0.1, 0.15) is 22.1 Å². The van der Waals surface area contributed by atoms with Gasteiger partial charge in [-0.25, -0.2) is 0 Å². The molecular weight excluding hydrogens is 364 g/mol. The third-order valence-electron chi connectivity index (χ3n) is 4.45. The fourth-order valence-corrected chi connectivity index (χ4v) is 3.60. The Morgan fingerprint density at radius 1 is 0.889 bits per heavy atom. The summed E-state index contributed by atoms with van der Waals surface area (Å²) in [6.07, 6.45) is 9.11. The van der Waals surface area contributed by atoms with E-state index in [-0.39, 0.29) is 16.4 Å². The van der Waals surface area contributed by atoms with Crippen molar-refractivity contribution >= 4 is 10.1 Å². The zero-order chi connectivity index (χ0) is 19.7. The summed E-state index contributed by atoms with van der Waals surface area (Å²) in [5.41, 5.74) is 0.895. The third-order valence-corrected chi connectivity index (χ3v) is 5.34. The molecule has 0 fully saturated rings. The van der Waals surface area contributed by atoms with Crippen LogP contribution in [0.3, 0.4) is 0 Å². The first kappa shape index (κ1) is 21.3. The molecule has 0 aliphatic carbocycles. The molecule has 0 radical (unpaired) electrons. The third kappa shape index (κ3) is 6.88. The number of rotatable bonds is 11. The molecule has 0 heterocycles. The van der Waals surface area contributed by atoms with Gasteiger partial charge in [0, 0.05) is 6.07 Å². The number of hydrogen-bond acceptors (Lipinski definition) is 4. The maximum Gasteiger partial charge on any atom is 0.298 e. The van der Waals surface area contributed by atoms with Crippen LogP contribution in [-0.2, 0) is 16.5 Å². The number of para-hydroxylation sites is 1. The first-order valence-corrected chi connectivity index (χ1v) is 10.9. The van der Waals surface area contributed by atoms with Gasteiger partial charge in [0.15, 0.2) is 0 Å². The second kappa shape index (κ2) is 10.3. The molecule has 0 aliphatic rings. The molecule has 0 amide bonds. The van der Waals surface area contributed by atoms with Crippen LogP contribution >= 0.6 is 0 Å². The van der Waals surface area contributed by atoms with Crippen LogP contribution in [-0.4, -0.2) is 18.1 Å². The summed E-state index contributed by atoms with van der Waals surface area (Å²) in [7, 11) is -4.40. The van der Waals surface area contributed by atoms with Crippen LogP contribution in [0.15, 0.2) is 47.4 Å². The number of phenolic OH excluding ortho intramolecular Hbond substituents is 1. The first-order chi connectivity index (χ1) is 12.9. The lowest BCUT2D eigenvalue weighted by atomic mass is 10.0. The second-order valence-corrected chi connectivity index (χ2v) is 8.08. The first-order valence-electron chi connectivity index (χ1n) is 9.48. The summed E-state index contributed by atoms with van der Waals surface area (Å²) < 4.78 is 38.2. The van der Waals surface area contributed by atoms with Crippen molar-refractivity contribution in [2.24, 2.45) is 0 Å². The van der Waals surface area contributed by atoms with Crippen molar-refractivity contribution in [2.45, 2.75) is 63.2 Å². The smallest absolute Gasteiger partial charge is 0.298 e. The minimum absolute atomic E-state index is 0.0337. The Morgan fingerprint density at radius 2 is 1.56 bits per heavy atom. The Bertz CT molecular complexity index is 830. The molecule has 2 aromatic rings. The molecule has 0 aromatic heterocycles. The van der Waals surface area contributed by atoms with Crippen molar-refractivity contribution in [3.8, 4) is 17.2 Å². The largest absolute Gasteiger partial charge is 0.508 e. The minimum atomic E-state index is -4.40. The summed E-state index contributed by atoms with van der Waals surface area (Å²) in [6.45, 7) is 2.20. The summed E-state index contributed by atoms with van der Waals surface area (Å²) in [6, 6.07) is 10.8. The van der Waals surface area contributed by atoms with Gasteiger partial charge >= 0.3 is 0 Å². The zero-order valence-corrected chi connectivity index (χ0v) is 16.5. The highest BCUT2D eigenvalue weighted by atomic mass is 32.2. The van der Waals surface area contributed by atoms with Gasteiger partial charge in [0.2, 0.25) is 0 Å². The monoisotopic (exact) mass is 392 g/mol. The van der Waals surface area contributed by atoms with E-state index in [4.69, 9.17) is 4.74 Å². The van der Waals surface area contributed by atoms with Gasteiger partial charge in [0.05, 0.1) is 0 Å². The number of aryl methyl sites for hydroxylation is 1. The molecule has 0 saturated carbocycles. The lowest BCUT2D eigenvalue weighted by Gasteiger charge is -2.13. The fraction of sp³-hybridized carbons (Fsp3) is 0.429. The van der Waals surface area contributed by atoms with E-state index in [0.29, 0.717) is 5.75 Å². The fourth-order valence-electron chi connectivity index (χ4n) is 2.98. The van der Waals surface area contributed by atoms with Crippen LogP contribution in [0.4, 0.5) is 0 Å². The lowest BCUT2D eigenvalue weighted by molar-refractivity contribution is 0.436. The van der Waals surface area contributed by atoms with Gasteiger partial charge in [-0.1, -0.05) is 63.6 Å². The highest BCUT2D eigenvalue weighted by molar-refractivity contribution is 7.86. The number of hydrogen-bond donors (Lipinski definition) is 2. The van der Waals surface area contributed by atoms with Crippen molar-refractivity contribution in [1.82, 2.24) is 0 Å². The summed E-state index contributed by atoms with van der Waals surface area (Å²) in [5.74, 6) is 0.473. The lowest BCUT2D eigenvalue weighted by Crippen LogP contribution is -2.01. The molecule has 6 heteroatoms. The van der Waals surface area contributed by atoms with Gasteiger partial charge in [-0.15, -0.1) is 0 Å². The van der Waals surface area contributed by atoms with Gasteiger partial charge in [0.25, 0.3) is 10.1 Å². The maximum absolute atomic E-state index is 11.5. The molecule has 0 aliphatic heterocycles. The minimum Gasteiger partial charge on any atom is -0.508 e. The van der Waals surface area contributed by atoms with E-state index >= 15 is 0 Å². The Morgan fingerprint density at radius 3 is 2.26 bits per heavy atom. The Hall–Kier alpha value is -2.05. The van der Waals surface area contributed by atoms with Gasteiger partial charge in [-0.2, -0.15) is 8.42 Å². The SMILES string of the molecule is CCCCCCCCCc1ccc(O)cc1Oc1ccccc1S(=O)(=O)O. The van der Waals surface area contributed by atoms with Gasteiger partial charge in [-0.05, 0) is 36.6 Å².